The summed E-state index contributed by atoms with van der Waals surface area (Å²) < 4.78 is 4.48. The highest BCUT2D eigenvalue weighted by atomic mass is 32.1. The monoisotopic (exact) mass is 210 g/mol. The minimum atomic E-state index is -0.406. The molecule has 0 unspecified atom stereocenters. The minimum Gasteiger partial charge on any atom is -0.393 e. The smallest absolute Gasteiger partial charge is 0.314 e. The van der Waals surface area contributed by atoms with Crippen LogP contribution in [0.3, 0.4) is 0 Å². The highest BCUT2D eigenvalue weighted by Crippen LogP contribution is 2.32. The molecule has 0 amide bonds. The Labute approximate surface area is 85.7 Å². The van der Waals surface area contributed by atoms with E-state index in [1.165, 1.54) is 0 Å². The van der Waals surface area contributed by atoms with E-state index in [4.69, 9.17) is 0 Å². The number of hydrogen-bond acceptors (Lipinski definition) is 4. The van der Waals surface area contributed by atoms with Gasteiger partial charge < -0.3 is 4.74 Å². The average Bonchev–Trinajstić information content (AvgIpc) is 2.49. The van der Waals surface area contributed by atoms with Crippen molar-refractivity contribution < 1.29 is 14.3 Å². The van der Waals surface area contributed by atoms with Gasteiger partial charge in [-0.25, -0.2) is 0 Å². The van der Waals surface area contributed by atoms with Crippen molar-refractivity contribution in [2.45, 2.75) is 25.7 Å². The zero-order chi connectivity index (χ0) is 10.1. The van der Waals surface area contributed by atoms with Gasteiger partial charge in [0.2, 0.25) is 0 Å². The van der Waals surface area contributed by atoms with E-state index in [2.05, 4.69) is 4.74 Å². The van der Waals surface area contributed by atoms with Crippen molar-refractivity contribution in [1.29, 1.82) is 0 Å². The third-order valence-corrected chi connectivity index (χ3v) is 3.27. The van der Waals surface area contributed by atoms with Gasteiger partial charge in [-0.15, -0.1) is 0 Å². The van der Waals surface area contributed by atoms with Crippen LogP contribution in [0.15, 0.2) is 10.8 Å². The molecule has 0 bridgehead atoms. The Morgan fingerprint density at radius 1 is 1.29 bits per heavy atom. The third kappa shape index (κ3) is 1.70. The predicted octanol–water partition coefficient (Wildman–Crippen LogP) is 2.00. The lowest BCUT2D eigenvalue weighted by Crippen LogP contribution is -2.24. The molecule has 1 aromatic rings. The lowest BCUT2D eigenvalue weighted by Gasteiger charge is -2.19. The second-order valence-electron chi connectivity index (χ2n) is 3.46. The Bertz CT molecular complexity index is 364. The third-order valence-electron chi connectivity index (χ3n) is 2.39. The maximum atomic E-state index is 11.1. The molecule has 0 aliphatic carbocycles. The summed E-state index contributed by atoms with van der Waals surface area (Å²) >= 11 is 1.60. The number of ether oxygens (including phenoxy) is 1. The number of hydrogen-bond donors (Lipinski definition) is 0. The summed E-state index contributed by atoms with van der Waals surface area (Å²) in [6.07, 6.45) is 0.645. The van der Waals surface area contributed by atoms with E-state index in [9.17, 15) is 9.59 Å². The highest BCUT2D eigenvalue weighted by Gasteiger charge is 2.29. The number of cyclic esters (lactones) is 2. The topological polar surface area (TPSA) is 43.4 Å². The molecule has 2 rings (SSSR count). The largest absolute Gasteiger partial charge is 0.393 e. The predicted molar refractivity (Wildman–Crippen MR) is 52.1 cm³/mol. The molecule has 0 aromatic carbocycles. The molecule has 1 aliphatic rings. The van der Waals surface area contributed by atoms with Crippen LogP contribution >= 0.6 is 11.3 Å². The van der Waals surface area contributed by atoms with Gasteiger partial charge in [-0.05, 0) is 28.8 Å². The fourth-order valence-corrected chi connectivity index (χ4v) is 2.63. The van der Waals surface area contributed by atoms with E-state index in [1.807, 2.05) is 17.7 Å². The molecule has 2 heterocycles. The number of carbonyl (C=O) groups is 2. The Hall–Kier alpha value is -1.16. The Morgan fingerprint density at radius 2 is 1.93 bits per heavy atom. The van der Waals surface area contributed by atoms with Gasteiger partial charge in [-0.2, -0.15) is 11.3 Å². The number of esters is 2. The number of aryl methyl sites for hydroxylation is 1. The Balaban J connectivity index is 2.23. The Kier molecular flexibility index (Phi) is 2.37. The van der Waals surface area contributed by atoms with Gasteiger partial charge in [0.25, 0.3) is 0 Å². The first-order chi connectivity index (χ1) is 6.66. The second kappa shape index (κ2) is 3.53. The normalized spacial score (nSPS) is 18.4. The minimum absolute atomic E-state index is 0.0231. The van der Waals surface area contributed by atoms with Gasteiger partial charge >= 0.3 is 11.9 Å². The SMILES string of the molecule is Cc1cscc1C1CC(=O)OC(=O)C1. The molecule has 74 valence electrons. The maximum Gasteiger partial charge on any atom is 0.314 e. The summed E-state index contributed by atoms with van der Waals surface area (Å²) in [6, 6.07) is 0. The van der Waals surface area contributed by atoms with Crippen LogP contribution in [-0.4, -0.2) is 11.9 Å². The van der Waals surface area contributed by atoms with Gasteiger partial charge in [-0.1, -0.05) is 0 Å². The van der Waals surface area contributed by atoms with Gasteiger partial charge in [0.05, 0.1) is 12.8 Å². The molecule has 4 heteroatoms. The summed E-state index contributed by atoms with van der Waals surface area (Å²) in [6.45, 7) is 2.00. The van der Waals surface area contributed by atoms with Gasteiger partial charge in [-0.3, -0.25) is 9.59 Å². The molecule has 0 atom stereocenters. The zero-order valence-corrected chi connectivity index (χ0v) is 8.60. The van der Waals surface area contributed by atoms with E-state index < -0.39 is 11.9 Å². The molecular weight excluding hydrogens is 200 g/mol. The van der Waals surface area contributed by atoms with Gasteiger partial charge in [0, 0.05) is 5.92 Å². The van der Waals surface area contributed by atoms with E-state index in [1.54, 1.807) is 11.3 Å². The number of thiophene rings is 1. The molecule has 1 saturated heterocycles. The van der Waals surface area contributed by atoms with E-state index in [-0.39, 0.29) is 5.92 Å². The molecule has 3 nitrogen and oxygen atoms in total. The quantitative estimate of drug-likeness (QED) is 0.526. The van der Waals surface area contributed by atoms with E-state index >= 15 is 0 Å². The van der Waals surface area contributed by atoms with Crippen molar-refractivity contribution >= 4 is 23.3 Å². The van der Waals surface area contributed by atoms with Crippen molar-refractivity contribution in [3.05, 3.63) is 21.9 Å². The van der Waals surface area contributed by atoms with E-state index in [0.29, 0.717) is 12.8 Å². The molecule has 0 N–H and O–H groups in total. The van der Waals surface area contributed by atoms with Crippen molar-refractivity contribution in [3.63, 3.8) is 0 Å². The van der Waals surface area contributed by atoms with Crippen LogP contribution in [-0.2, 0) is 14.3 Å². The molecule has 14 heavy (non-hydrogen) atoms. The van der Waals surface area contributed by atoms with Crippen molar-refractivity contribution in [3.8, 4) is 0 Å². The summed E-state index contributed by atoms with van der Waals surface area (Å²) in [4.78, 5) is 22.1. The van der Waals surface area contributed by atoms with Crippen LogP contribution in [0.4, 0.5) is 0 Å². The summed E-state index contributed by atoms with van der Waals surface area (Å²) in [5.41, 5.74) is 2.27. The molecule has 1 fully saturated rings. The maximum absolute atomic E-state index is 11.1. The molecule has 0 spiro atoms. The average molecular weight is 210 g/mol. The van der Waals surface area contributed by atoms with Crippen molar-refractivity contribution in [2.24, 2.45) is 0 Å². The van der Waals surface area contributed by atoms with Crippen LogP contribution < -0.4 is 0 Å². The highest BCUT2D eigenvalue weighted by molar-refractivity contribution is 7.08. The van der Waals surface area contributed by atoms with Crippen LogP contribution in [0.1, 0.15) is 29.9 Å². The molecule has 1 aliphatic heterocycles. The van der Waals surface area contributed by atoms with E-state index in [0.717, 1.165) is 11.1 Å². The van der Waals surface area contributed by atoms with Gasteiger partial charge in [0.15, 0.2) is 0 Å². The van der Waals surface area contributed by atoms with Crippen LogP contribution in [0, 0.1) is 6.92 Å². The van der Waals surface area contributed by atoms with Gasteiger partial charge in [0.1, 0.15) is 0 Å². The summed E-state index contributed by atoms with van der Waals surface area (Å²) in [5, 5.41) is 4.03. The number of carbonyl (C=O) groups excluding carboxylic acids is 2. The van der Waals surface area contributed by atoms with Crippen molar-refractivity contribution in [1.82, 2.24) is 0 Å². The first kappa shape index (κ1) is 9.40. The number of rotatable bonds is 1. The molecule has 0 saturated carbocycles. The Morgan fingerprint density at radius 3 is 2.43 bits per heavy atom. The zero-order valence-electron chi connectivity index (χ0n) is 7.78. The molecule has 1 aromatic heterocycles. The van der Waals surface area contributed by atoms with Crippen LogP contribution in [0.25, 0.3) is 0 Å². The van der Waals surface area contributed by atoms with Crippen LogP contribution in [0.2, 0.25) is 0 Å². The molecule has 0 radical (unpaired) electrons. The van der Waals surface area contributed by atoms with Crippen LogP contribution in [0.5, 0.6) is 0 Å². The first-order valence-corrected chi connectivity index (χ1v) is 5.37. The fourth-order valence-electron chi connectivity index (χ4n) is 1.69. The van der Waals surface area contributed by atoms with Crippen molar-refractivity contribution in [2.75, 3.05) is 0 Å². The lowest BCUT2D eigenvalue weighted by atomic mass is 9.91. The fraction of sp³-hybridized carbons (Fsp3) is 0.400. The first-order valence-electron chi connectivity index (χ1n) is 4.43. The summed E-state index contributed by atoms with van der Waals surface area (Å²) in [7, 11) is 0. The summed E-state index contributed by atoms with van der Waals surface area (Å²) in [5.74, 6) is -0.788. The second-order valence-corrected chi connectivity index (χ2v) is 4.20. The lowest BCUT2D eigenvalue weighted by molar-refractivity contribution is -0.163. The molecular formula is C10H10O3S. The standard InChI is InChI=1S/C10H10O3S/c1-6-4-14-5-8(6)7-2-9(11)13-10(12)3-7/h4-5,7H,2-3H2,1H3.